The van der Waals surface area contributed by atoms with Crippen LogP contribution in [-0.4, -0.2) is 24.0 Å². The van der Waals surface area contributed by atoms with Crippen molar-refractivity contribution in [2.24, 2.45) is 4.99 Å². The molecule has 1 heterocycles. The number of aryl methyl sites for hydroxylation is 1. The van der Waals surface area contributed by atoms with Gasteiger partial charge < -0.3 is 10.6 Å². The van der Waals surface area contributed by atoms with Crippen LogP contribution in [0.5, 0.6) is 0 Å². The van der Waals surface area contributed by atoms with Gasteiger partial charge in [0.2, 0.25) is 0 Å². The number of rotatable bonds is 8. The maximum absolute atomic E-state index is 4.58. The minimum absolute atomic E-state index is 0. The van der Waals surface area contributed by atoms with Gasteiger partial charge in [0.05, 0.1) is 11.6 Å². The average molecular weight is 410 g/mol. The molecule has 1 aromatic heterocycles. The number of thiazole rings is 1. The summed E-state index contributed by atoms with van der Waals surface area (Å²) < 4.78 is 0. The van der Waals surface area contributed by atoms with Gasteiger partial charge in [-0.15, -0.1) is 35.3 Å². The van der Waals surface area contributed by atoms with E-state index in [0.717, 1.165) is 24.1 Å². The third-order valence-corrected chi connectivity index (χ3v) is 3.63. The van der Waals surface area contributed by atoms with E-state index < -0.39 is 0 Å². The van der Waals surface area contributed by atoms with E-state index in [1.807, 2.05) is 13.1 Å². The van der Waals surface area contributed by atoms with E-state index in [9.17, 15) is 0 Å². The van der Waals surface area contributed by atoms with Crippen molar-refractivity contribution in [3.05, 3.63) is 16.1 Å². The first-order valence-corrected chi connectivity index (χ1v) is 8.01. The Morgan fingerprint density at radius 2 is 2.05 bits per heavy atom. The molecule has 20 heavy (non-hydrogen) atoms. The Morgan fingerprint density at radius 1 is 1.25 bits per heavy atom. The van der Waals surface area contributed by atoms with E-state index in [0.29, 0.717) is 6.54 Å². The highest BCUT2D eigenvalue weighted by molar-refractivity contribution is 14.0. The average Bonchev–Trinajstić information content (AvgIpc) is 2.81. The second kappa shape index (κ2) is 12.4. The van der Waals surface area contributed by atoms with Crippen LogP contribution in [0.25, 0.3) is 0 Å². The fourth-order valence-electron chi connectivity index (χ4n) is 1.74. The molecule has 4 nitrogen and oxygen atoms in total. The lowest BCUT2D eigenvalue weighted by atomic mass is 10.2. The topological polar surface area (TPSA) is 49.3 Å². The number of nitrogens with one attached hydrogen (secondary N) is 2. The maximum atomic E-state index is 4.58. The third-order valence-electron chi connectivity index (χ3n) is 2.73. The van der Waals surface area contributed by atoms with Crippen LogP contribution in [0.1, 0.15) is 49.4 Å². The Labute approximate surface area is 143 Å². The van der Waals surface area contributed by atoms with Crippen LogP contribution in [0.15, 0.2) is 11.2 Å². The van der Waals surface area contributed by atoms with Gasteiger partial charge in [-0.05, 0) is 20.3 Å². The fraction of sp³-hybridized carbons (Fsp3) is 0.714. The Morgan fingerprint density at radius 3 is 2.65 bits per heavy atom. The van der Waals surface area contributed by atoms with Gasteiger partial charge in [-0.3, -0.25) is 0 Å². The lowest BCUT2D eigenvalue weighted by Gasteiger charge is -2.10. The molecule has 0 aromatic carbocycles. The molecule has 1 rings (SSSR count). The smallest absolute Gasteiger partial charge is 0.191 e. The zero-order valence-electron chi connectivity index (χ0n) is 12.7. The lowest BCUT2D eigenvalue weighted by molar-refractivity contribution is 0.647. The second-order valence-corrected chi connectivity index (χ2v) is 5.85. The Hall–Kier alpha value is -0.370. The fourth-order valence-corrected chi connectivity index (χ4v) is 2.46. The van der Waals surface area contributed by atoms with Crippen molar-refractivity contribution in [1.29, 1.82) is 0 Å². The monoisotopic (exact) mass is 410 g/mol. The molecule has 6 heteroatoms. The third kappa shape index (κ3) is 8.73. The van der Waals surface area contributed by atoms with Crippen LogP contribution in [0.2, 0.25) is 0 Å². The molecule has 0 aliphatic heterocycles. The first-order valence-electron chi connectivity index (χ1n) is 7.19. The number of guanidine groups is 1. The molecule has 0 radical (unpaired) electrons. The highest BCUT2D eigenvalue weighted by atomic mass is 127. The van der Waals surface area contributed by atoms with Crippen molar-refractivity contribution < 1.29 is 0 Å². The van der Waals surface area contributed by atoms with E-state index in [-0.39, 0.29) is 24.0 Å². The van der Waals surface area contributed by atoms with Crippen molar-refractivity contribution in [3.8, 4) is 0 Å². The lowest BCUT2D eigenvalue weighted by Crippen LogP contribution is -2.37. The number of aromatic nitrogens is 1. The molecular formula is C14H27IN4S. The summed E-state index contributed by atoms with van der Waals surface area (Å²) in [4.78, 5) is 10.0. The molecule has 0 fully saturated rings. The molecular weight excluding hydrogens is 383 g/mol. The first-order chi connectivity index (χ1) is 9.26. The molecule has 0 aliphatic rings. The maximum Gasteiger partial charge on any atom is 0.191 e. The minimum Gasteiger partial charge on any atom is -0.357 e. The van der Waals surface area contributed by atoms with Crippen molar-refractivity contribution in [2.75, 3.05) is 13.1 Å². The van der Waals surface area contributed by atoms with Crippen LogP contribution in [-0.2, 0) is 6.54 Å². The molecule has 0 atom stereocenters. The summed E-state index contributed by atoms with van der Waals surface area (Å²) in [5.74, 6) is 0.907. The van der Waals surface area contributed by atoms with E-state index in [1.165, 1.54) is 30.6 Å². The number of hydrogen-bond donors (Lipinski definition) is 2. The van der Waals surface area contributed by atoms with Crippen LogP contribution in [0, 0.1) is 6.92 Å². The van der Waals surface area contributed by atoms with Gasteiger partial charge in [0.25, 0.3) is 0 Å². The van der Waals surface area contributed by atoms with Crippen LogP contribution in [0.4, 0.5) is 0 Å². The highest BCUT2D eigenvalue weighted by Gasteiger charge is 1.99. The second-order valence-electron chi connectivity index (χ2n) is 4.53. The predicted molar refractivity (Wildman–Crippen MR) is 99.2 cm³/mol. The minimum atomic E-state index is 0. The van der Waals surface area contributed by atoms with E-state index in [1.54, 1.807) is 11.3 Å². The summed E-state index contributed by atoms with van der Waals surface area (Å²) in [6.07, 6.45) is 7.00. The number of nitrogens with zero attached hydrogens (tertiary/aromatic N) is 2. The van der Waals surface area contributed by atoms with Gasteiger partial charge in [-0.25, -0.2) is 9.98 Å². The number of hydrogen-bond acceptors (Lipinski definition) is 3. The molecule has 0 saturated carbocycles. The van der Waals surface area contributed by atoms with Crippen LogP contribution < -0.4 is 10.6 Å². The molecule has 0 spiro atoms. The van der Waals surface area contributed by atoms with Crippen molar-refractivity contribution in [2.45, 2.75) is 53.0 Å². The van der Waals surface area contributed by atoms with Crippen molar-refractivity contribution >= 4 is 41.3 Å². The molecule has 0 saturated heterocycles. The van der Waals surface area contributed by atoms with Gasteiger partial charge >= 0.3 is 0 Å². The summed E-state index contributed by atoms with van der Waals surface area (Å²) in [7, 11) is 0. The van der Waals surface area contributed by atoms with Gasteiger partial charge in [-0.1, -0.05) is 26.2 Å². The first kappa shape index (κ1) is 19.6. The molecule has 2 N–H and O–H groups in total. The predicted octanol–water partition coefficient (Wildman–Crippen LogP) is 3.70. The molecule has 0 aliphatic carbocycles. The van der Waals surface area contributed by atoms with Crippen LogP contribution >= 0.6 is 35.3 Å². The SMILES string of the molecule is CCCCCCNC(=NCc1cnc(C)s1)NCC.I. The summed E-state index contributed by atoms with van der Waals surface area (Å²) in [5, 5.41) is 7.75. The van der Waals surface area contributed by atoms with E-state index >= 15 is 0 Å². The Kier molecular flexibility index (Phi) is 12.1. The Balaban J connectivity index is 0.00000361. The summed E-state index contributed by atoms with van der Waals surface area (Å²) >= 11 is 1.71. The van der Waals surface area contributed by atoms with E-state index in [2.05, 4.69) is 34.5 Å². The Bertz CT molecular complexity index is 379. The van der Waals surface area contributed by atoms with Gasteiger partial charge in [0, 0.05) is 24.2 Å². The van der Waals surface area contributed by atoms with Crippen molar-refractivity contribution in [1.82, 2.24) is 15.6 Å². The number of unbranched alkanes of at least 4 members (excludes halogenated alkanes) is 3. The van der Waals surface area contributed by atoms with Gasteiger partial charge in [0.1, 0.15) is 0 Å². The largest absolute Gasteiger partial charge is 0.357 e. The zero-order chi connectivity index (χ0) is 13.9. The van der Waals surface area contributed by atoms with Crippen LogP contribution in [0.3, 0.4) is 0 Å². The summed E-state index contributed by atoms with van der Waals surface area (Å²) in [5.41, 5.74) is 0. The quantitative estimate of drug-likeness (QED) is 0.297. The standard InChI is InChI=1S/C14H26N4S.HI/c1-4-6-7-8-9-16-14(15-5-2)18-11-13-10-17-12(3)19-13;/h10H,4-9,11H2,1-3H3,(H2,15,16,18);1H. The molecule has 116 valence electrons. The van der Waals surface area contributed by atoms with Gasteiger partial charge in [0.15, 0.2) is 5.96 Å². The van der Waals surface area contributed by atoms with Crippen molar-refractivity contribution in [3.63, 3.8) is 0 Å². The number of halogens is 1. The summed E-state index contributed by atoms with van der Waals surface area (Å²) in [6.45, 7) is 8.93. The summed E-state index contributed by atoms with van der Waals surface area (Å²) in [6, 6.07) is 0. The highest BCUT2D eigenvalue weighted by Crippen LogP contribution is 2.12. The normalized spacial score (nSPS) is 11.1. The molecule has 1 aromatic rings. The van der Waals surface area contributed by atoms with Gasteiger partial charge in [-0.2, -0.15) is 0 Å². The molecule has 0 bridgehead atoms. The molecule has 0 unspecified atom stereocenters. The number of aliphatic imine (C=N–C) groups is 1. The zero-order valence-corrected chi connectivity index (χ0v) is 15.9. The van der Waals surface area contributed by atoms with E-state index in [4.69, 9.17) is 0 Å². The molecule has 0 amide bonds.